The third-order valence-corrected chi connectivity index (χ3v) is 3.01. The van der Waals surface area contributed by atoms with Crippen LogP contribution in [0.1, 0.15) is 15.9 Å². The van der Waals surface area contributed by atoms with Crippen LogP contribution in [0, 0.1) is 10.1 Å². The summed E-state index contributed by atoms with van der Waals surface area (Å²) in [7, 11) is -1.89. The molecule has 0 spiro atoms. The van der Waals surface area contributed by atoms with Gasteiger partial charge < -0.3 is 15.4 Å². The molecule has 8 heteroatoms. The molecule has 2 aromatic carbocycles. The van der Waals surface area contributed by atoms with E-state index in [4.69, 9.17) is 10.0 Å². The van der Waals surface area contributed by atoms with Crippen molar-refractivity contribution >= 4 is 24.2 Å². The third-order valence-electron chi connectivity index (χ3n) is 3.01. The smallest absolute Gasteiger partial charge is 0.423 e. The maximum Gasteiger partial charge on any atom is 0.488 e. The van der Waals surface area contributed by atoms with E-state index in [0.29, 0.717) is 0 Å². The lowest BCUT2D eigenvalue weighted by Crippen LogP contribution is -2.32. The first-order valence-corrected chi connectivity index (χ1v) is 6.45. The van der Waals surface area contributed by atoms with E-state index in [-0.39, 0.29) is 23.3 Å². The molecule has 0 aromatic heterocycles. The molecule has 0 bridgehead atoms. The number of amides is 1. The highest BCUT2D eigenvalue weighted by Crippen LogP contribution is 2.12. The Bertz CT molecular complexity index is 691. The zero-order valence-corrected chi connectivity index (χ0v) is 11.5. The van der Waals surface area contributed by atoms with E-state index in [2.05, 4.69) is 5.32 Å². The number of nitro groups is 1. The molecule has 112 valence electrons. The number of hydrogen-bond acceptors (Lipinski definition) is 5. The number of nitrogens with one attached hydrogen (secondary N) is 1. The molecule has 0 saturated carbocycles. The monoisotopic (exact) mass is 300 g/mol. The molecule has 0 saturated heterocycles. The van der Waals surface area contributed by atoms with Crippen molar-refractivity contribution in [2.45, 2.75) is 6.54 Å². The second kappa shape index (κ2) is 6.84. The third kappa shape index (κ3) is 3.90. The summed E-state index contributed by atoms with van der Waals surface area (Å²) in [6.07, 6.45) is 0. The maximum atomic E-state index is 12.1. The number of rotatable bonds is 5. The number of hydrogen-bond donors (Lipinski definition) is 3. The number of nitro benzene ring substituents is 1. The summed E-state index contributed by atoms with van der Waals surface area (Å²) < 4.78 is 0. The molecular weight excluding hydrogens is 287 g/mol. The fraction of sp³-hybridized carbons (Fsp3) is 0.0714. The number of non-ortho nitro benzene ring substituents is 1. The lowest BCUT2D eigenvalue weighted by molar-refractivity contribution is -0.384. The number of carbonyl (C=O) groups is 1. The Balaban J connectivity index is 2.19. The van der Waals surface area contributed by atoms with E-state index < -0.39 is 17.9 Å². The molecule has 0 heterocycles. The van der Waals surface area contributed by atoms with Crippen molar-refractivity contribution in [3.63, 3.8) is 0 Å². The quantitative estimate of drug-likeness (QED) is 0.415. The highest BCUT2D eigenvalue weighted by Gasteiger charge is 2.20. The van der Waals surface area contributed by atoms with Gasteiger partial charge in [0.2, 0.25) is 0 Å². The Morgan fingerprint density at radius 2 is 1.86 bits per heavy atom. The van der Waals surface area contributed by atoms with Crippen molar-refractivity contribution in [1.82, 2.24) is 5.32 Å². The summed E-state index contributed by atoms with van der Waals surface area (Å²) in [6, 6.07) is 12.5. The summed E-state index contributed by atoms with van der Waals surface area (Å²) in [6.45, 7) is 0.263. The van der Waals surface area contributed by atoms with E-state index in [1.807, 2.05) is 30.3 Å². The van der Waals surface area contributed by atoms with Crippen LogP contribution in [0.5, 0.6) is 0 Å². The average Bonchev–Trinajstić information content (AvgIpc) is 2.53. The van der Waals surface area contributed by atoms with E-state index in [9.17, 15) is 14.9 Å². The maximum absolute atomic E-state index is 12.1. The first kappa shape index (κ1) is 15.7. The number of carbonyl (C=O) groups excluding carboxylic acids is 1. The van der Waals surface area contributed by atoms with Crippen LogP contribution in [0.2, 0.25) is 0 Å². The van der Waals surface area contributed by atoms with Crippen molar-refractivity contribution in [3.05, 3.63) is 69.8 Å². The van der Waals surface area contributed by atoms with Gasteiger partial charge in [0.1, 0.15) is 0 Å². The molecule has 0 aliphatic rings. The molecule has 2 rings (SSSR count). The molecule has 2 aromatic rings. The van der Waals surface area contributed by atoms with Crippen molar-refractivity contribution < 1.29 is 19.8 Å². The van der Waals surface area contributed by atoms with E-state index in [0.717, 1.165) is 17.7 Å². The van der Waals surface area contributed by atoms with Crippen molar-refractivity contribution in [1.29, 1.82) is 0 Å². The molecule has 22 heavy (non-hydrogen) atoms. The van der Waals surface area contributed by atoms with Crippen LogP contribution in [-0.4, -0.2) is 28.0 Å². The van der Waals surface area contributed by atoms with E-state index in [1.165, 1.54) is 6.07 Å². The van der Waals surface area contributed by atoms with Crippen LogP contribution < -0.4 is 10.8 Å². The van der Waals surface area contributed by atoms with Gasteiger partial charge in [-0.25, -0.2) is 0 Å². The second-order valence-corrected chi connectivity index (χ2v) is 4.61. The average molecular weight is 300 g/mol. The van der Waals surface area contributed by atoms with Gasteiger partial charge in [0.15, 0.2) is 0 Å². The Labute approximate surface area is 126 Å². The van der Waals surface area contributed by atoms with Crippen LogP contribution in [-0.2, 0) is 6.54 Å². The Kier molecular flexibility index (Phi) is 4.87. The summed E-state index contributed by atoms with van der Waals surface area (Å²) in [5.41, 5.74) is 0.381. The first-order chi connectivity index (χ1) is 10.5. The van der Waals surface area contributed by atoms with Gasteiger partial charge in [-0.15, -0.1) is 0 Å². The zero-order valence-electron chi connectivity index (χ0n) is 11.5. The van der Waals surface area contributed by atoms with Gasteiger partial charge in [-0.2, -0.15) is 0 Å². The van der Waals surface area contributed by atoms with Crippen molar-refractivity contribution in [2.24, 2.45) is 0 Å². The fourth-order valence-electron chi connectivity index (χ4n) is 1.90. The van der Waals surface area contributed by atoms with Crippen molar-refractivity contribution in [2.75, 3.05) is 0 Å². The minimum Gasteiger partial charge on any atom is -0.423 e. The van der Waals surface area contributed by atoms with E-state index in [1.54, 1.807) is 0 Å². The molecule has 0 aliphatic heterocycles. The highest BCUT2D eigenvalue weighted by atomic mass is 16.6. The molecule has 3 N–H and O–H groups in total. The SMILES string of the molecule is O=C(NCc1ccccc1)c1cc(B(O)O)cc([N+](=O)[O-])c1. The van der Waals surface area contributed by atoms with Gasteiger partial charge in [0, 0.05) is 24.2 Å². The largest absolute Gasteiger partial charge is 0.488 e. The second-order valence-electron chi connectivity index (χ2n) is 4.61. The van der Waals surface area contributed by atoms with E-state index >= 15 is 0 Å². The lowest BCUT2D eigenvalue weighted by Gasteiger charge is -2.07. The normalized spacial score (nSPS) is 10.1. The summed E-state index contributed by atoms with van der Waals surface area (Å²) >= 11 is 0. The standard InChI is InChI=1S/C14H13BN2O5/c18-14(16-9-10-4-2-1-3-5-10)11-6-12(15(19)20)8-13(7-11)17(21)22/h1-8,19-20H,9H2,(H,16,18). The predicted molar refractivity (Wildman–Crippen MR) is 80.5 cm³/mol. The predicted octanol–water partition coefficient (Wildman–Crippen LogP) is 0.205. The Morgan fingerprint density at radius 3 is 2.45 bits per heavy atom. The van der Waals surface area contributed by atoms with Crippen LogP contribution in [0.4, 0.5) is 5.69 Å². The summed E-state index contributed by atoms with van der Waals surface area (Å²) in [5, 5.41) is 31.8. The number of nitrogens with zero attached hydrogens (tertiary/aromatic N) is 1. The Morgan fingerprint density at radius 1 is 1.18 bits per heavy atom. The van der Waals surface area contributed by atoms with Gasteiger partial charge in [0.25, 0.3) is 11.6 Å². The molecular formula is C14H13BN2O5. The fourth-order valence-corrected chi connectivity index (χ4v) is 1.90. The van der Waals surface area contributed by atoms with Gasteiger partial charge in [-0.05, 0) is 17.1 Å². The molecule has 0 fully saturated rings. The molecule has 7 nitrogen and oxygen atoms in total. The van der Waals surface area contributed by atoms with Crippen LogP contribution in [0.15, 0.2) is 48.5 Å². The topological polar surface area (TPSA) is 113 Å². The summed E-state index contributed by atoms with van der Waals surface area (Å²) in [4.78, 5) is 22.2. The Hall–Kier alpha value is -2.71. The van der Waals surface area contributed by atoms with Crippen LogP contribution in [0.3, 0.4) is 0 Å². The summed E-state index contributed by atoms with van der Waals surface area (Å²) in [5.74, 6) is -0.533. The van der Waals surface area contributed by atoms with Gasteiger partial charge in [-0.3, -0.25) is 14.9 Å². The molecule has 0 radical (unpaired) electrons. The molecule has 0 atom stereocenters. The van der Waals surface area contributed by atoms with Gasteiger partial charge >= 0.3 is 7.12 Å². The number of benzene rings is 2. The zero-order chi connectivity index (χ0) is 16.1. The minimum atomic E-state index is -1.89. The molecule has 0 unspecified atom stereocenters. The van der Waals surface area contributed by atoms with Gasteiger partial charge in [-0.1, -0.05) is 30.3 Å². The van der Waals surface area contributed by atoms with Crippen LogP contribution in [0.25, 0.3) is 0 Å². The minimum absolute atomic E-state index is 0.00627. The first-order valence-electron chi connectivity index (χ1n) is 6.45. The lowest BCUT2D eigenvalue weighted by atomic mass is 9.79. The molecule has 0 aliphatic carbocycles. The van der Waals surface area contributed by atoms with Gasteiger partial charge in [0.05, 0.1) is 4.92 Å². The molecule has 1 amide bonds. The van der Waals surface area contributed by atoms with Crippen LogP contribution >= 0.6 is 0 Å². The highest BCUT2D eigenvalue weighted by molar-refractivity contribution is 6.58. The van der Waals surface area contributed by atoms with Crippen molar-refractivity contribution in [3.8, 4) is 0 Å².